The standard InChI is InChI=1S/C18H15F3N4O2/c19-18(20,21)17-23-13-5-6-25(10-12(13)16(26)24-17)9-11-3-4-14(22-8-11)15-2-1-7-27-15/h1-4,7-8H,5-6,9-10H2,(H,23,24,26). The summed E-state index contributed by atoms with van der Waals surface area (Å²) in [6.07, 6.45) is -1.07. The van der Waals surface area contributed by atoms with Crippen LogP contribution in [0, 0.1) is 0 Å². The number of alkyl halides is 3. The van der Waals surface area contributed by atoms with E-state index in [1.54, 1.807) is 18.5 Å². The number of hydrogen-bond acceptors (Lipinski definition) is 5. The molecule has 6 nitrogen and oxygen atoms in total. The average Bonchev–Trinajstić information content (AvgIpc) is 3.16. The summed E-state index contributed by atoms with van der Waals surface area (Å²) in [6, 6.07) is 7.36. The Kier molecular flexibility index (Phi) is 4.31. The summed E-state index contributed by atoms with van der Waals surface area (Å²) in [7, 11) is 0. The molecule has 140 valence electrons. The molecule has 1 aliphatic heterocycles. The van der Waals surface area contributed by atoms with Crippen molar-refractivity contribution in [2.75, 3.05) is 6.54 Å². The van der Waals surface area contributed by atoms with Crippen molar-refractivity contribution in [2.45, 2.75) is 25.7 Å². The molecule has 4 rings (SSSR count). The number of fused-ring (bicyclic) bond motifs is 1. The van der Waals surface area contributed by atoms with Gasteiger partial charge in [-0.1, -0.05) is 6.07 Å². The monoisotopic (exact) mass is 376 g/mol. The van der Waals surface area contributed by atoms with E-state index in [9.17, 15) is 18.0 Å². The summed E-state index contributed by atoms with van der Waals surface area (Å²) in [5, 5.41) is 0. The highest BCUT2D eigenvalue weighted by Crippen LogP contribution is 2.27. The first kappa shape index (κ1) is 17.5. The molecule has 0 aromatic carbocycles. The minimum atomic E-state index is -4.66. The molecule has 3 aromatic heterocycles. The number of nitrogens with zero attached hydrogens (tertiary/aromatic N) is 3. The van der Waals surface area contributed by atoms with E-state index in [0.29, 0.717) is 31.0 Å². The summed E-state index contributed by atoms with van der Waals surface area (Å²) < 4.78 is 43.6. The predicted molar refractivity (Wildman–Crippen MR) is 89.6 cm³/mol. The van der Waals surface area contributed by atoms with Gasteiger partial charge in [0.05, 0.1) is 17.5 Å². The lowest BCUT2D eigenvalue weighted by Crippen LogP contribution is -2.36. The predicted octanol–water partition coefficient (Wildman–Crippen LogP) is 3.00. The highest BCUT2D eigenvalue weighted by molar-refractivity contribution is 5.51. The van der Waals surface area contributed by atoms with Crippen LogP contribution in [0.2, 0.25) is 0 Å². The van der Waals surface area contributed by atoms with Gasteiger partial charge in [-0.25, -0.2) is 4.98 Å². The third-order valence-corrected chi connectivity index (χ3v) is 4.42. The molecule has 0 spiro atoms. The molecule has 9 heteroatoms. The molecule has 0 fully saturated rings. The van der Waals surface area contributed by atoms with Crippen molar-refractivity contribution < 1.29 is 17.6 Å². The zero-order chi connectivity index (χ0) is 19.0. The number of aromatic amines is 1. The van der Waals surface area contributed by atoms with Gasteiger partial charge in [-0.2, -0.15) is 13.2 Å². The number of furan rings is 1. The first-order chi connectivity index (χ1) is 12.9. The number of hydrogen-bond donors (Lipinski definition) is 1. The van der Waals surface area contributed by atoms with Gasteiger partial charge < -0.3 is 9.40 Å². The van der Waals surface area contributed by atoms with Crippen LogP contribution in [0.5, 0.6) is 0 Å². The Balaban J connectivity index is 1.49. The Morgan fingerprint density at radius 2 is 2.11 bits per heavy atom. The minimum Gasteiger partial charge on any atom is -0.463 e. The fourth-order valence-corrected chi connectivity index (χ4v) is 3.10. The second kappa shape index (κ2) is 6.66. The number of H-pyrrole nitrogens is 1. The maximum Gasteiger partial charge on any atom is 0.449 e. The zero-order valence-corrected chi connectivity index (χ0v) is 14.1. The lowest BCUT2D eigenvalue weighted by Gasteiger charge is -2.27. The maximum atomic E-state index is 12.8. The van der Waals surface area contributed by atoms with E-state index in [2.05, 4.69) is 9.97 Å². The molecule has 27 heavy (non-hydrogen) atoms. The van der Waals surface area contributed by atoms with Gasteiger partial charge in [-0.05, 0) is 23.8 Å². The molecule has 0 unspecified atom stereocenters. The lowest BCUT2D eigenvalue weighted by atomic mass is 10.1. The highest BCUT2D eigenvalue weighted by Gasteiger charge is 2.35. The third-order valence-electron chi connectivity index (χ3n) is 4.42. The van der Waals surface area contributed by atoms with Gasteiger partial charge in [-0.15, -0.1) is 0 Å². The lowest BCUT2D eigenvalue weighted by molar-refractivity contribution is -0.145. The SMILES string of the molecule is O=c1[nH]c(C(F)(F)F)nc2c1CN(Cc1ccc(-c3ccco3)nc1)CC2. The molecule has 1 N–H and O–H groups in total. The molecule has 0 atom stereocenters. The van der Waals surface area contributed by atoms with Crippen molar-refractivity contribution in [3.05, 3.63) is 69.7 Å². The summed E-state index contributed by atoms with van der Waals surface area (Å²) in [6.45, 7) is 1.29. The van der Waals surface area contributed by atoms with Crippen molar-refractivity contribution >= 4 is 0 Å². The first-order valence-electron chi connectivity index (χ1n) is 8.30. The van der Waals surface area contributed by atoms with Gasteiger partial charge in [0.2, 0.25) is 5.82 Å². The Bertz CT molecular complexity index is 995. The van der Waals surface area contributed by atoms with Crippen LogP contribution in [0.3, 0.4) is 0 Å². The summed E-state index contributed by atoms with van der Waals surface area (Å²) in [5.74, 6) is -0.566. The Morgan fingerprint density at radius 1 is 1.26 bits per heavy atom. The van der Waals surface area contributed by atoms with E-state index in [1.807, 2.05) is 28.1 Å². The van der Waals surface area contributed by atoms with Crippen LogP contribution >= 0.6 is 0 Å². The third kappa shape index (κ3) is 3.63. The smallest absolute Gasteiger partial charge is 0.449 e. The van der Waals surface area contributed by atoms with Gasteiger partial charge in [0.25, 0.3) is 5.56 Å². The van der Waals surface area contributed by atoms with E-state index in [-0.39, 0.29) is 17.8 Å². The largest absolute Gasteiger partial charge is 0.463 e. The molecule has 0 saturated heterocycles. The summed E-state index contributed by atoms with van der Waals surface area (Å²) >= 11 is 0. The van der Waals surface area contributed by atoms with Gasteiger partial charge >= 0.3 is 6.18 Å². The molecule has 0 bridgehead atoms. The minimum absolute atomic E-state index is 0.216. The van der Waals surface area contributed by atoms with Crippen LogP contribution in [-0.4, -0.2) is 26.4 Å². The second-order valence-electron chi connectivity index (χ2n) is 6.33. The normalized spacial score (nSPS) is 14.9. The summed E-state index contributed by atoms with van der Waals surface area (Å²) in [5.41, 5.74) is 1.42. The molecule has 0 saturated carbocycles. The second-order valence-corrected chi connectivity index (χ2v) is 6.33. The number of aromatic nitrogens is 3. The van der Waals surface area contributed by atoms with Crippen molar-refractivity contribution in [2.24, 2.45) is 0 Å². The van der Waals surface area contributed by atoms with Crippen LogP contribution in [-0.2, 0) is 25.7 Å². The molecule has 0 aliphatic carbocycles. The Hall–Kier alpha value is -2.94. The van der Waals surface area contributed by atoms with E-state index in [0.717, 1.165) is 5.56 Å². The van der Waals surface area contributed by atoms with Crippen LogP contribution in [0.4, 0.5) is 13.2 Å². The van der Waals surface area contributed by atoms with E-state index < -0.39 is 17.6 Å². The quantitative estimate of drug-likeness (QED) is 0.761. The zero-order valence-electron chi connectivity index (χ0n) is 14.1. The van der Waals surface area contributed by atoms with E-state index in [4.69, 9.17) is 4.42 Å². The summed E-state index contributed by atoms with van der Waals surface area (Å²) in [4.78, 5) is 23.8. The number of halogens is 3. The molecule has 4 heterocycles. The topological polar surface area (TPSA) is 75.0 Å². The van der Waals surface area contributed by atoms with Crippen LogP contribution < -0.4 is 5.56 Å². The van der Waals surface area contributed by atoms with Crippen LogP contribution in [0.15, 0.2) is 45.9 Å². The number of pyridine rings is 1. The first-order valence-corrected chi connectivity index (χ1v) is 8.30. The highest BCUT2D eigenvalue weighted by atomic mass is 19.4. The number of rotatable bonds is 3. The van der Waals surface area contributed by atoms with Gasteiger partial charge in [0.1, 0.15) is 5.69 Å². The average molecular weight is 376 g/mol. The molecule has 0 radical (unpaired) electrons. The molecular weight excluding hydrogens is 361 g/mol. The van der Waals surface area contributed by atoms with Crippen molar-refractivity contribution in [3.8, 4) is 11.5 Å². The molecule has 0 amide bonds. The molecular formula is C18H15F3N4O2. The van der Waals surface area contributed by atoms with Crippen molar-refractivity contribution in [1.29, 1.82) is 0 Å². The van der Waals surface area contributed by atoms with Crippen molar-refractivity contribution in [3.63, 3.8) is 0 Å². The molecule has 1 aliphatic rings. The van der Waals surface area contributed by atoms with Crippen LogP contribution in [0.25, 0.3) is 11.5 Å². The fraction of sp³-hybridized carbons (Fsp3) is 0.278. The Labute approximate surface area is 151 Å². The fourth-order valence-electron chi connectivity index (χ4n) is 3.10. The number of nitrogens with one attached hydrogen (secondary N) is 1. The Morgan fingerprint density at radius 3 is 2.78 bits per heavy atom. The van der Waals surface area contributed by atoms with E-state index >= 15 is 0 Å². The van der Waals surface area contributed by atoms with Gasteiger partial charge in [0.15, 0.2) is 5.76 Å². The van der Waals surface area contributed by atoms with Gasteiger partial charge in [-0.3, -0.25) is 14.7 Å². The van der Waals surface area contributed by atoms with Crippen molar-refractivity contribution in [1.82, 2.24) is 19.9 Å². The van der Waals surface area contributed by atoms with Crippen LogP contribution in [0.1, 0.15) is 22.6 Å². The molecule has 3 aromatic rings. The van der Waals surface area contributed by atoms with Gasteiger partial charge in [0, 0.05) is 32.3 Å². The van der Waals surface area contributed by atoms with E-state index in [1.165, 1.54) is 0 Å². The maximum absolute atomic E-state index is 12.8.